The molecular weight excluding hydrogens is 284 g/mol. The van der Waals surface area contributed by atoms with Gasteiger partial charge >= 0.3 is 0 Å². The van der Waals surface area contributed by atoms with Crippen LogP contribution >= 0.6 is 0 Å². The summed E-state index contributed by atoms with van der Waals surface area (Å²) in [6, 6.07) is 18.9. The summed E-state index contributed by atoms with van der Waals surface area (Å²) >= 11 is 0. The van der Waals surface area contributed by atoms with Gasteiger partial charge in [-0.15, -0.1) is 0 Å². The van der Waals surface area contributed by atoms with Gasteiger partial charge in [-0.25, -0.2) is 0 Å². The smallest absolute Gasteiger partial charge is 0.166 e. The number of allylic oxidation sites excluding steroid dienone is 1. The van der Waals surface area contributed by atoms with Crippen molar-refractivity contribution in [1.82, 2.24) is 0 Å². The number of hydrogen-bond donors (Lipinski definition) is 1. The van der Waals surface area contributed by atoms with Crippen molar-refractivity contribution < 1.29 is 9.90 Å². The minimum atomic E-state index is 0.0788. The van der Waals surface area contributed by atoms with E-state index in [4.69, 9.17) is 0 Å². The Kier molecular flexibility index (Phi) is 4.92. The third-order valence-electron chi connectivity index (χ3n) is 4.49. The van der Waals surface area contributed by atoms with Crippen LogP contribution in [0.5, 0.6) is 0 Å². The summed E-state index contributed by atoms with van der Waals surface area (Å²) < 4.78 is 0. The van der Waals surface area contributed by atoms with Crippen molar-refractivity contribution in [3.63, 3.8) is 0 Å². The molecule has 0 aromatic heterocycles. The summed E-state index contributed by atoms with van der Waals surface area (Å²) in [5, 5.41) is 10.3. The lowest BCUT2D eigenvalue weighted by Gasteiger charge is -2.16. The lowest BCUT2D eigenvalue weighted by molar-refractivity contribution is 0.101. The molecule has 2 heteroatoms. The fraction of sp³-hybridized carbons (Fsp3) is 0.238. The van der Waals surface area contributed by atoms with E-state index in [1.165, 1.54) is 0 Å². The van der Waals surface area contributed by atoms with Crippen molar-refractivity contribution >= 4 is 11.5 Å². The molecule has 2 aromatic rings. The molecule has 0 saturated heterocycles. The van der Waals surface area contributed by atoms with E-state index in [1.54, 1.807) is 0 Å². The van der Waals surface area contributed by atoms with Crippen molar-refractivity contribution in [2.45, 2.75) is 19.3 Å². The average molecular weight is 305 g/mol. The number of ketones is 1. The molecule has 0 aliphatic heterocycles. The predicted molar refractivity (Wildman–Crippen MR) is 93.0 cm³/mol. The molecule has 0 heterocycles. The Labute approximate surface area is 137 Å². The van der Waals surface area contributed by atoms with Crippen molar-refractivity contribution in [2.75, 3.05) is 0 Å². The molecule has 2 atom stereocenters. The molecule has 23 heavy (non-hydrogen) atoms. The number of carbonyl (C=O) groups is 1. The number of carbonyl (C=O) groups excluding carboxylic acids is 1. The molecule has 1 aliphatic rings. The van der Waals surface area contributed by atoms with Crippen LogP contribution in [0.4, 0.5) is 0 Å². The molecule has 0 bridgehead atoms. The van der Waals surface area contributed by atoms with E-state index in [0.717, 1.165) is 30.4 Å². The lowest BCUT2D eigenvalue weighted by atomic mass is 9.88. The number of aliphatic hydroxyl groups excluding tert-OH is 1. The molecular formula is C21H21O2. The van der Waals surface area contributed by atoms with Gasteiger partial charge in [0.1, 0.15) is 5.76 Å². The van der Waals surface area contributed by atoms with Crippen molar-refractivity contribution in [1.29, 1.82) is 0 Å². The fourth-order valence-corrected chi connectivity index (χ4v) is 3.23. The zero-order valence-electron chi connectivity index (χ0n) is 13.1. The summed E-state index contributed by atoms with van der Waals surface area (Å²) in [4.78, 5) is 12.4. The number of benzene rings is 2. The Morgan fingerprint density at radius 1 is 0.870 bits per heavy atom. The Morgan fingerprint density at radius 3 is 2.09 bits per heavy atom. The zero-order chi connectivity index (χ0) is 16.1. The van der Waals surface area contributed by atoms with E-state index in [9.17, 15) is 9.90 Å². The second-order valence-corrected chi connectivity index (χ2v) is 6.07. The van der Waals surface area contributed by atoms with Gasteiger partial charge in [-0.1, -0.05) is 67.1 Å². The summed E-state index contributed by atoms with van der Waals surface area (Å²) in [7, 11) is 0. The molecule has 117 valence electrons. The van der Waals surface area contributed by atoms with Gasteiger partial charge in [-0.2, -0.15) is 0 Å². The first-order valence-electron chi connectivity index (χ1n) is 8.14. The van der Waals surface area contributed by atoms with E-state index >= 15 is 0 Å². The molecule has 2 aromatic carbocycles. The second kappa shape index (κ2) is 7.28. The highest BCUT2D eigenvalue weighted by Gasteiger charge is 2.28. The largest absolute Gasteiger partial charge is 0.508 e. The van der Waals surface area contributed by atoms with Crippen molar-refractivity contribution in [3.8, 4) is 0 Å². The zero-order valence-corrected chi connectivity index (χ0v) is 13.1. The summed E-state index contributed by atoms with van der Waals surface area (Å²) in [6.45, 7) is 0. The maximum absolute atomic E-state index is 12.4. The standard InChI is InChI=1S/C21H21O2/c22-20(16-8-3-1-4-9-16)14-18-12-7-13-19(18)15-21(23)17-10-5-2-6-11-17/h1-6,8-11,14-15,18-19,22H,7,12-13H2/b20-14+/t18-,19-/m1/s1. The molecule has 0 unspecified atom stereocenters. The number of aliphatic hydroxyl groups is 1. The van der Waals surface area contributed by atoms with E-state index in [2.05, 4.69) is 0 Å². The minimum absolute atomic E-state index is 0.0788. The maximum atomic E-state index is 12.4. The highest BCUT2D eigenvalue weighted by Crippen LogP contribution is 2.36. The van der Waals surface area contributed by atoms with Crippen LogP contribution in [-0.4, -0.2) is 10.9 Å². The third kappa shape index (κ3) is 3.89. The summed E-state index contributed by atoms with van der Waals surface area (Å²) in [6.07, 6.45) is 6.86. The van der Waals surface area contributed by atoms with Gasteiger partial charge in [0, 0.05) is 17.5 Å². The number of hydrogen-bond acceptors (Lipinski definition) is 2. The van der Waals surface area contributed by atoms with Crippen LogP contribution in [0, 0.1) is 18.3 Å². The molecule has 0 spiro atoms. The quantitative estimate of drug-likeness (QED) is 0.617. The summed E-state index contributed by atoms with van der Waals surface area (Å²) in [5.41, 5.74) is 1.56. The molecule has 3 rings (SSSR count). The molecule has 1 aliphatic carbocycles. The van der Waals surface area contributed by atoms with Crippen LogP contribution < -0.4 is 0 Å². The maximum Gasteiger partial charge on any atom is 0.166 e. The van der Waals surface area contributed by atoms with E-state index in [1.807, 2.05) is 73.2 Å². The Bertz CT molecular complexity index is 674. The number of Topliss-reactive ketones (excluding diaryl/α,β-unsaturated/α-hetero) is 1. The van der Waals surface area contributed by atoms with Crippen LogP contribution in [0.2, 0.25) is 0 Å². The Balaban J connectivity index is 1.70. The van der Waals surface area contributed by atoms with E-state index in [0.29, 0.717) is 5.76 Å². The molecule has 1 radical (unpaired) electrons. The van der Waals surface area contributed by atoms with Crippen molar-refractivity contribution in [3.05, 3.63) is 84.3 Å². The van der Waals surface area contributed by atoms with Gasteiger partial charge in [0.15, 0.2) is 5.78 Å². The first-order chi connectivity index (χ1) is 11.2. The van der Waals surface area contributed by atoms with E-state index < -0.39 is 0 Å². The normalized spacial score (nSPS) is 21.3. The lowest BCUT2D eigenvalue weighted by Crippen LogP contribution is -2.13. The highest BCUT2D eigenvalue weighted by molar-refractivity contribution is 6.02. The van der Waals surface area contributed by atoms with Crippen LogP contribution in [0.25, 0.3) is 5.76 Å². The van der Waals surface area contributed by atoms with Gasteiger partial charge in [0.2, 0.25) is 0 Å². The van der Waals surface area contributed by atoms with Crippen LogP contribution in [0.1, 0.15) is 35.2 Å². The summed E-state index contributed by atoms with van der Waals surface area (Å²) in [5.74, 6) is 0.814. The predicted octanol–water partition coefficient (Wildman–Crippen LogP) is 5.09. The molecule has 1 fully saturated rings. The Morgan fingerprint density at radius 2 is 1.43 bits per heavy atom. The molecule has 0 amide bonds. The second-order valence-electron chi connectivity index (χ2n) is 6.07. The van der Waals surface area contributed by atoms with Gasteiger partial charge in [0.25, 0.3) is 0 Å². The molecule has 2 nitrogen and oxygen atoms in total. The first-order valence-corrected chi connectivity index (χ1v) is 8.14. The van der Waals surface area contributed by atoms with Crippen molar-refractivity contribution in [2.24, 2.45) is 11.8 Å². The van der Waals surface area contributed by atoms with Gasteiger partial charge < -0.3 is 5.11 Å². The van der Waals surface area contributed by atoms with Gasteiger partial charge in [-0.05, 0) is 30.8 Å². The van der Waals surface area contributed by atoms with Crippen LogP contribution in [0.3, 0.4) is 0 Å². The SMILES string of the molecule is O=C([CH][C@H]1CCC[C@@H]1/C=C(/O)c1ccccc1)c1ccccc1. The topological polar surface area (TPSA) is 37.3 Å². The minimum Gasteiger partial charge on any atom is -0.508 e. The van der Waals surface area contributed by atoms with Crippen LogP contribution in [-0.2, 0) is 0 Å². The molecule has 1 saturated carbocycles. The first kappa shape index (κ1) is 15.5. The van der Waals surface area contributed by atoms with Gasteiger partial charge in [-0.3, -0.25) is 4.79 Å². The Hall–Kier alpha value is -2.35. The van der Waals surface area contributed by atoms with E-state index in [-0.39, 0.29) is 17.6 Å². The van der Waals surface area contributed by atoms with Gasteiger partial charge in [0.05, 0.1) is 0 Å². The third-order valence-corrected chi connectivity index (χ3v) is 4.49. The van der Waals surface area contributed by atoms with Crippen LogP contribution in [0.15, 0.2) is 66.7 Å². The number of rotatable bonds is 5. The monoisotopic (exact) mass is 305 g/mol. The molecule has 1 N–H and O–H groups in total. The fourth-order valence-electron chi connectivity index (χ4n) is 3.23. The average Bonchev–Trinajstić information content (AvgIpc) is 3.03. The highest BCUT2D eigenvalue weighted by atomic mass is 16.3.